The molecule has 0 saturated carbocycles. The number of hydrogen-bond acceptors (Lipinski definition) is 5. The van der Waals surface area contributed by atoms with Crippen molar-refractivity contribution in [2.24, 2.45) is 0 Å². The molecule has 0 aromatic carbocycles. The topological polar surface area (TPSA) is 67.4 Å². The zero-order valence-electron chi connectivity index (χ0n) is 15.3. The first-order chi connectivity index (χ1) is 12.1. The molecule has 1 aliphatic rings. The number of hydrogen-bond donors (Lipinski definition) is 0. The minimum atomic E-state index is -0.0262. The molecule has 0 N–H and O–H groups in total. The van der Waals surface area contributed by atoms with Crippen LogP contribution in [0.15, 0.2) is 23.2 Å². The number of likely N-dealkylation sites (tertiary alicyclic amines) is 1. The van der Waals surface area contributed by atoms with Crippen molar-refractivity contribution in [2.75, 3.05) is 33.7 Å². The summed E-state index contributed by atoms with van der Waals surface area (Å²) in [7, 11) is 4.14. The Balaban J connectivity index is 1.71. The molecule has 2 aromatic rings. The van der Waals surface area contributed by atoms with E-state index >= 15 is 0 Å². The molecular weight excluding hydrogens is 318 g/mol. The Bertz CT molecular complexity index is 706. The Morgan fingerprint density at radius 1 is 1.40 bits per heavy atom. The second kappa shape index (κ2) is 7.82. The first-order valence-electron chi connectivity index (χ1n) is 8.97. The Hall–Kier alpha value is -2.15. The highest BCUT2D eigenvalue weighted by Gasteiger charge is 2.30. The monoisotopic (exact) mass is 345 g/mol. The van der Waals surface area contributed by atoms with E-state index in [0.29, 0.717) is 24.4 Å². The van der Waals surface area contributed by atoms with Gasteiger partial charge in [-0.05, 0) is 26.9 Å². The molecule has 3 heterocycles. The van der Waals surface area contributed by atoms with Crippen molar-refractivity contribution in [3.05, 3.63) is 36.1 Å². The Labute approximate surface area is 148 Å². The number of imidazole rings is 1. The van der Waals surface area contributed by atoms with Crippen LogP contribution in [-0.2, 0) is 13.0 Å². The summed E-state index contributed by atoms with van der Waals surface area (Å²) in [5, 5.41) is 0. The molecule has 1 atom stereocenters. The number of aromatic nitrogens is 3. The second-order valence-corrected chi connectivity index (χ2v) is 6.85. The summed E-state index contributed by atoms with van der Waals surface area (Å²) in [6, 6.07) is 0. The number of piperidine rings is 1. The van der Waals surface area contributed by atoms with Crippen LogP contribution < -0.4 is 0 Å². The van der Waals surface area contributed by atoms with Crippen LogP contribution in [0.25, 0.3) is 0 Å². The van der Waals surface area contributed by atoms with Gasteiger partial charge in [-0.1, -0.05) is 6.92 Å². The molecule has 7 nitrogen and oxygen atoms in total. The van der Waals surface area contributed by atoms with Crippen LogP contribution in [-0.4, -0.2) is 64.0 Å². The predicted octanol–water partition coefficient (Wildman–Crippen LogP) is 2.01. The highest BCUT2D eigenvalue weighted by molar-refractivity contribution is 5.93. The maximum absolute atomic E-state index is 12.8. The molecule has 0 spiro atoms. The van der Waals surface area contributed by atoms with Crippen LogP contribution in [0.4, 0.5) is 0 Å². The van der Waals surface area contributed by atoms with E-state index < -0.39 is 0 Å². The molecule has 0 aliphatic carbocycles. The molecule has 0 bridgehead atoms. The largest absolute Gasteiger partial charge is 0.448 e. The van der Waals surface area contributed by atoms with E-state index in [0.717, 1.165) is 38.3 Å². The van der Waals surface area contributed by atoms with E-state index in [4.69, 9.17) is 4.42 Å². The third-order valence-electron chi connectivity index (χ3n) is 4.77. The molecule has 2 aromatic heterocycles. The van der Waals surface area contributed by atoms with Crippen molar-refractivity contribution in [2.45, 2.75) is 38.6 Å². The molecule has 136 valence electrons. The fourth-order valence-corrected chi connectivity index (χ4v) is 3.40. The molecule has 1 saturated heterocycles. The number of carbonyl (C=O) groups excluding carboxylic acids is 1. The lowest BCUT2D eigenvalue weighted by molar-refractivity contribution is 0.0695. The van der Waals surface area contributed by atoms with Gasteiger partial charge < -0.3 is 18.8 Å². The van der Waals surface area contributed by atoms with E-state index in [-0.39, 0.29) is 11.8 Å². The van der Waals surface area contributed by atoms with Crippen LogP contribution in [0.2, 0.25) is 0 Å². The van der Waals surface area contributed by atoms with Crippen LogP contribution >= 0.6 is 0 Å². The summed E-state index contributed by atoms with van der Waals surface area (Å²) >= 11 is 0. The summed E-state index contributed by atoms with van der Waals surface area (Å²) in [5.74, 6) is 1.99. The van der Waals surface area contributed by atoms with Gasteiger partial charge in [0.1, 0.15) is 11.6 Å². The van der Waals surface area contributed by atoms with Crippen molar-refractivity contribution in [3.8, 4) is 0 Å². The summed E-state index contributed by atoms with van der Waals surface area (Å²) in [4.78, 5) is 25.6. The summed E-state index contributed by atoms with van der Waals surface area (Å²) in [6.45, 7) is 5.31. The number of amides is 1. The lowest BCUT2D eigenvalue weighted by Gasteiger charge is -2.32. The molecule has 7 heteroatoms. The third-order valence-corrected chi connectivity index (χ3v) is 4.77. The van der Waals surface area contributed by atoms with Gasteiger partial charge in [0.2, 0.25) is 0 Å². The number of likely N-dealkylation sites (N-methyl/N-ethyl adjacent to an activating group) is 1. The van der Waals surface area contributed by atoms with Crippen molar-refractivity contribution in [1.29, 1.82) is 0 Å². The second-order valence-electron chi connectivity index (χ2n) is 6.85. The van der Waals surface area contributed by atoms with Crippen molar-refractivity contribution in [3.63, 3.8) is 0 Å². The molecular formula is C18H27N5O2. The molecule has 1 aliphatic heterocycles. The average Bonchev–Trinajstić information content (AvgIpc) is 3.28. The number of carbonyl (C=O) groups is 1. The standard InChI is InChI=1S/C18H27N5O2/c1-4-15-16(20-13-25-15)18(24)23-8-5-6-14(12-23)17-19-7-9-22(17)11-10-21(2)3/h7,9,13-14H,4-6,8,10-12H2,1-3H3/t14-/m1/s1. The van der Waals surface area contributed by atoms with Crippen molar-refractivity contribution in [1.82, 2.24) is 24.3 Å². The minimum absolute atomic E-state index is 0.0262. The van der Waals surface area contributed by atoms with Gasteiger partial charge in [-0.2, -0.15) is 0 Å². The summed E-state index contributed by atoms with van der Waals surface area (Å²) in [6.07, 6.45) is 7.97. The maximum Gasteiger partial charge on any atom is 0.276 e. The fraction of sp³-hybridized carbons (Fsp3) is 0.611. The molecule has 3 rings (SSSR count). The smallest absolute Gasteiger partial charge is 0.276 e. The lowest BCUT2D eigenvalue weighted by atomic mass is 9.96. The normalized spacial score (nSPS) is 18.1. The molecule has 1 amide bonds. The molecule has 1 fully saturated rings. The maximum atomic E-state index is 12.8. The summed E-state index contributed by atoms with van der Waals surface area (Å²) in [5.41, 5.74) is 0.457. The number of aryl methyl sites for hydroxylation is 1. The van der Waals surface area contributed by atoms with Crippen LogP contribution in [0.5, 0.6) is 0 Å². The van der Waals surface area contributed by atoms with Gasteiger partial charge in [0.25, 0.3) is 5.91 Å². The highest BCUT2D eigenvalue weighted by atomic mass is 16.3. The average molecular weight is 345 g/mol. The fourth-order valence-electron chi connectivity index (χ4n) is 3.40. The van der Waals surface area contributed by atoms with Crippen molar-refractivity contribution >= 4 is 5.91 Å². The third kappa shape index (κ3) is 3.92. The summed E-state index contributed by atoms with van der Waals surface area (Å²) < 4.78 is 7.53. The van der Waals surface area contributed by atoms with E-state index in [9.17, 15) is 4.79 Å². The quantitative estimate of drug-likeness (QED) is 0.801. The highest BCUT2D eigenvalue weighted by Crippen LogP contribution is 2.27. The number of oxazole rings is 1. The first-order valence-corrected chi connectivity index (χ1v) is 8.97. The molecule has 25 heavy (non-hydrogen) atoms. The van der Waals surface area contributed by atoms with E-state index in [1.807, 2.05) is 24.2 Å². The molecule has 0 unspecified atom stereocenters. The van der Waals surface area contributed by atoms with Gasteiger partial charge in [-0.15, -0.1) is 0 Å². The van der Waals surface area contributed by atoms with E-state index in [1.165, 1.54) is 6.39 Å². The number of nitrogens with zero attached hydrogens (tertiary/aromatic N) is 5. The van der Waals surface area contributed by atoms with Crippen LogP contribution in [0.3, 0.4) is 0 Å². The van der Waals surface area contributed by atoms with Gasteiger partial charge in [0, 0.05) is 50.9 Å². The van der Waals surface area contributed by atoms with E-state index in [2.05, 4.69) is 33.5 Å². The van der Waals surface area contributed by atoms with Crippen molar-refractivity contribution < 1.29 is 9.21 Å². The Morgan fingerprint density at radius 2 is 2.24 bits per heavy atom. The van der Waals surface area contributed by atoms with Gasteiger partial charge >= 0.3 is 0 Å². The first kappa shape index (κ1) is 17.7. The van der Waals surface area contributed by atoms with E-state index in [1.54, 1.807) is 0 Å². The van der Waals surface area contributed by atoms with Crippen LogP contribution in [0.1, 0.15) is 47.8 Å². The SMILES string of the molecule is CCc1ocnc1C(=O)N1CCC[C@@H](c2nccn2CCN(C)C)C1. The Kier molecular flexibility index (Phi) is 5.53. The zero-order valence-corrected chi connectivity index (χ0v) is 15.3. The predicted molar refractivity (Wildman–Crippen MR) is 94.5 cm³/mol. The van der Waals surface area contributed by atoms with Gasteiger partial charge in [0.05, 0.1) is 0 Å². The van der Waals surface area contributed by atoms with Gasteiger partial charge in [-0.3, -0.25) is 4.79 Å². The Morgan fingerprint density at radius 3 is 3.00 bits per heavy atom. The van der Waals surface area contributed by atoms with Gasteiger partial charge in [-0.25, -0.2) is 9.97 Å². The number of rotatable bonds is 6. The van der Waals surface area contributed by atoms with Crippen LogP contribution in [0, 0.1) is 0 Å². The zero-order chi connectivity index (χ0) is 17.8. The molecule has 0 radical (unpaired) electrons. The lowest BCUT2D eigenvalue weighted by Crippen LogP contribution is -2.40. The minimum Gasteiger partial charge on any atom is -0.448 e. The van der Waals surface area contributed by atoms with Gasteiger partial charge in [0.15, 0.2) is 12.1 Å².